The molecule has 1 aromatic heterocycles. The first kappa shape index (κ1) is 25.2. The van der Waals surface area contributed by atoms with Crippen molar-refractivity contribution in [1.29, 1.82) is 0 Å². The highest BCUT2D eigenvalue weighted by atomic mass is 35.5. The van der Waals surface area contributed by atoms with E-state index in [1.807, 2.05) is 27.7 Å². The third-order valence-corrected chi connectivity index (χ3v) is 5.71. The molecular formula is C22H26Cl3N3O3. The smallest absolute Gasteiger partial charge is 0.331 e. The van der Waals surface area contributed by atoms with E-state index < -0.39 is 5.97 Å². The first-order valence-corrected chi connectivity index (χ1v) is 11.0. The van der Waals surface area contributed by atoms with Gasteiger partial charge in [-0.05, 0) is 52.8 Å². The van der Waals surface area contributed by atoms with Crippen molar-refractivity contribution in [2.45, 2.75) is 53.2 Å². The van der Waals surface area contributed by atoms with E-state index in [1.165, 1.54) is 12.2 Å². The minimum atomic E-state index is -0.641. The summed E-state index contributed by atoms with van der Waals surface area (Å²) in [5.41, 5.74) is 1.89. The van der Waals surface area contributed by atoms with Crippen molar-refractivity contribution in [3.8, 4) is 0 Å². The van der Waals surface area contributed by atoms with Gasteiger partial charge in [0.2, 0.25) is 0 Å². The van der Waals surface area contributed by atoms with Crippen LogP contribution in [0.1, 0.15) is 44.5 Å². The van der Waals surface area contributed by atoms with E-state index in [2.05, 4.69) is 5.10 Å². The van der Waals surface area contributed by atoms with Gasteiger partial charge in [0.25, 0.3) is 5.91 Å². The molecule has 0 aliphatic rings. The Balaban J connectivity index is 2.08. The van der Waals surface area contributed by atoms with E-state index in [0.29, 0.717) is 32.0 Å². The summed E-state index contributed by atoms with van der Waals surface area (Å²) in [4.78, 5) is 26.1. The van der Waals surface area contributed by atoms with Crippen LogP contribution in [-0.2, 0) is 20.9 Å². The molecule has 9 heteroatoms. The van der Waals surface area contributed by atoms with E-state index in [-0.39, 0.29) is 31.1 Å². The van der Waals surface area contributed by atoms with Crippen molar-refractivity contribution in [3.05, 3.63) is 56.3 Å². The predicted octanol–water partition coefficient (Wildman–Crippen LogP) is 5.40. The summed E-state index contributed by atoms with van der Waals surface area (Å²) in [6.07, 6.45) is 2.75. The number of amides is 1. The lowest BCUT2D eigenvalue weighted by Crippen LogP contribution is -2.44. The first-order chi connectivity index (χ1) is 14.5. The second-order valence-corrected chi connectivity index (χ2v) is 8.75. The molecule has 0 unspecified atom stereocenters. The van der Waals surface area contributed by atoms with Gasteiger partial charge in [0.1, 0.15) is 5.15 Å². The fourth-order valence-corrected chi connectivity index (χ4v) is 4.09. The number of aryl methyl sites for hydroxylation is 1. The Morgan fingerprint density at radius 1 is 1.13 bits per heavy atom. The SMILES string of the molecule is Cc1nn(Cc2c(Cl)cccc2Cl)c(Cl)c1C=CC(=O)OCC(=O)N(C(C)C)C(C)C. The largest absolute Gasteiger partial charge is 0.452 e. The van der Waals surface area contributed by atoms with E-state index in [9.17, 15) is 9.59 Å². The molecule has 1 heterocycles. The molecule has 0 atom stereocenters. The molecule has 0 aliphatic carbocycles. The Hall–Kier alpha value is -2.02. The molecule has 31 heavy (non-hydrogen) atoms. The van der Waals surface area contributed by atoms with Gasteiger partial charge >= 0.3 is 5.97 Å². The molecule has 1 amide bonds. The van der Waals surface area contributed by atoms with Crippen molar-refractivity contribution in [3.63, 3.8) is 0 Å². The van der Waals surface area contributed by atoms with Crippen molar-refractivity contribution in [2.24, 2.45) is 0 Å². The number of carbonyl (C=O) groups is 2. The van der Waals surface area contributed by atoms with Gasteiger partial charge in [-0.2, -0.15) is 5.10 Å². The molecular weight excluding hydrogens is 461 g/mol. The second-order valence-electron chi connectivity index (χ2n) is 7.58. The Morgan fingerprint density at radius 3 is 2.26 bits per heavy atom. The third-order valence-electron chi connectivity index (χ3n) is 4.60. The average Bonchev–Trinajstić information content (AvgIpc) is 2.93. The summed E-state index contributed by atoms with van der Waals surface area (Å²) in [6, 6.07) is 5.27. The zero-order chi connectivity index (χ0) is 23.3. The molecule has 0 saturated heterocycles. The summed E-state index contributed by atoms with van der Waals surface area (Å²) >= 11 is 18.9. The standard InChI is InChI=1S/C22H26Cl3N3O3/c1-13(2)28(14(3)4)20(29)12-31-21(30)10-9-16-15(5)26-27(22(16)25)11-17-18(23)7-6-8-19(17)24/h6-10,13-14H,11-12H2,1-5H3. The molecule has 0 spiro atoms. The summed E-state index contributed by atoms with van der Waals surface area (Å²) in [7, 11) is 0. The number of aromatic nitrogens is 2. The molecule has 0 radical (unpaired) electrons. The molecule has 0 N–H and O–H groups in total. The maximum absolute atomic E-state index is 12.3. The highest BCUT2D eigenvalue weighted by Gasteiger charge is 2.21. The molecule has 168 valence electrons. The highest BCUT2D eigenvalue weighted by Crippen LogP contribution is 2.28. The third kappa shape index (κ3) is 6.48. The van der Waals surface area contributed by atoms with Gasteiger partial charge in [0.15, 0.2) is 6.61 Å². The maximum atomic E-state index is 12.3. The van der Waals surface area contributed by atoms with Crippen LogP contribution in [0.25, 0.3) is 6.08 Å². The van der Waals surface area contributed by atoms with Crippen LogP contribution in [0.15, 0.2) is 24.3 Å². The van der Waals surface area contributed by atoms with Crippen molar-refractivity contribution < 1.29 is 14.3 Å². The van der Waals surface area contributed by atoms with Crippen molar-refractivity contribution in [2.75, 3.05) is 6.61 Å². The van der Waals surface area contributed by atoms with Crippen LogP contribution in [0, 0.1) is 6.92 Å². The maximum Gasteiger partial charge on any atom is 0.331 e. The van der Waals surface area contributed by atoms with E-state index in [4.69, 9.17) is 39.5 Å². The number of rotatable bonds is 8. The van der Waals surface area contributed by atoms with E-state index >= 15 is 0 Å². The number of hydrogen-bond acceptors (Lipinski definition) is 4. The van der Waals surface area contributed by atoms with Crippen LogP contribution < -0.4 is 0 Å². The van der Waals surface area contributed by atoms with Crippen molar-refractivity contribution >= 4 is 52.8 Å². The molecule has 0 bridgehead atoms. The zero-order valence-electron chi connectivity index (χ0n) is 18.2. The molecule has 2 rings (SSSR count). The molecule has 6 nitrogen and oxygen atoms in total. The lowest BCUT2D eigenvalue weighted by atomic mass is 10.2. The van der Waals surface area contributed by atoms with Crippen LogP contribution in [-0.4, -0.2) is 45.2 Å². The molecule has 0 fully saturated rings. The number of ether oxygens (including phenoxy) is 1. The normalized spacial score (nSPS) is 11.5. The number of nitrogens with zero attached hydrogens (tertiary/aromatic N) is 3. The zero-order valence-corrected chi connectivity index (χ0v) is 20.4. The van der Waals surface area contributed by atoms with Gasteiger partial charge < -0.3 is 9.64 Å². The molecule has 2 aromatic rings. The summed E-state index contributed by atoms with van der Waals surface area (Å²) < 4.78 is 6.66. The van der Waals surface area contributed by atoms with Gasteiger partial charge in [0, 0.05) is 39.3 Å². The summed E-state index contributed by atoms with van der Waals surface area (Å²) in [5.74, 6) is -0.886. The van der Waals surface area contributed by atoms with Crippen LogP contribution in [0.4, 0.5) is 0 Å². The number of hydrogen-bond donors (Lipinski definition) is 0. The Morgan fingerprint density at radius 2 is 1.71 bits per heavy atom. The second kappa shape index (κ2) is 11.0. The van der Waals surface area contributed by atoms with Crippen LogP contribution in [0.2, 0.25) is 15.2 Å². The number of benzene rings is 1. The lowest BCUT2D eigenvalue weighted by Gasteiger charge is -2.30. The van der Waals surface area contributed by atoms with E-state index in [0.717, 1.165) is 0 Å². The summed E-state index contributed by atoms with van der Waals surface area (Å²) in [6.45, 7) is 9.39. The fourth-order valence-electron chi connectivity index (χ4n) is 3.27. The fraction of sp³-hybridized carbons (Fsp3) is 0.409. The minimum Gasteiger partial charge on any atom is -0.452 e. The van der Waals surface area contributed by atoms with Gasteiger partial charge in [0.05, 0.1) is 12.2 Å². The van der Waals surface area contributed by atoms with Gasteiger partial charge in [-0.3, -0.25) is 4.79 Å². The first-order valence-electron chi connectivity index (χ1n) is 9.84. The van der Waals surface area contributed by atoms with Crippen LogP contribution in [0.3, 0.4) is 0 Å². The van der Waals surface area contributed by atoms with Gasteiger partial charge in [-0.25, -0.2) is 9.48 Å². The molecule has 1 aromatic carbocycles. The molecule has 0 aliphatic heterocycles. The average molecular weight is 487 g/mol. The number of halogens is 3. The Kier molecular flexibility index (Phi) is 8.98. The predicted molar refractivity (Wildman–Crippen MR) is 125 cm³/mol. The Labute approximate surface area is 197 Å². The topological polar surface area (TPSA) is 64.4 Å². The van der Waals surface area contributed by atoms with Crippen molar-refractivity contribution in [1.82, 2.24) is 14.7 Å². The van der Waals surface area contributed by atoms with Crippen LogP contribution >= 0.6 is 34.8 Å². The quantitative estimate of drug-likeness (QED) is 0.370. The summed E-state index contributed by atoms with van der Waals surface area (Å²) in [5, 5.41) is 5.76. The van der Waals surface area contributed by atoms with Gasteiger partial charge in [-0.15, -0.1) is 0 Å². The Bertz CT molecular complexity index is 956. The number of esters is 1. The molecule has 0 saturated carbocycles. The van der Waals surface area contributed by atoms with Gasteiger partial charge in [-0.1, -0.05) is 40.9 Å². The number of carbonyl (C=O) groups excluding carboxylic acids is 2. The van der Waals surface area contributed by atoms with E-state index in [1.54, 1.807) is 34.7 Å². The minimum absolute atomic E-state index is 0.0145. The lowest BCUT2D eigenvalue weighted by molar-refractivity contribution is -0.150. The monoisotopic (exact) mass is 485 g/mol. The highest BCUT2D eigenvalue weighted by molar-refractivity contribution is 6.36. The van der Waals surface area contributed by atoms with Crippen LogP contribution in [0.5, 0.6) is 0 Å².